The molecule has 0 radical (unpaired) electrons. The number of aryl methyl sites for hydroxylation is 1. The van der Waals surface area contributed by atoms with Crippen molar-refractivity contribution >= 4 is 21.7 Å². The molecule has 1 heterocycles. The Morgan fingerprint density at radius 3 is 2.85 bits per heavy atom. The molecule has 72 valence electrons. The summed E-state index contributed by atoms with van der Waals surface area (Å²) in [6, 6.07) is 0. The Kier molecular flexibility index (Phi) is 3.56. The molecule has 0 N–H and O–H groups in total. The third-order valence-electron chi connectivity index (χ3n) is 1.49. The summed E-state index contributed by atoms with van der Waals surface area (Å²) in [5.41, 5.74) is 0.438. The van der Waals surface area contributed by atoms with Gasteiger partial charge in [0.05, 0.1) is 0 Å². The van der Waals surface area contributed by atoms with Gasteiger partial charge in [-0.2, -0.15) is 0 Å². The van der Waals surface area contributed by atoms with E-state index in [-0.39, 0.29) is 12.4 Å². The molecular formula is C7H10BrN3O2. The van der Waals surface area contributed by atoms with E-state index in [4.69, 9.17) is 4.74 Å². The Bertz CT molecular complexity index is 291. The van der Waals surface area contributed by atoms with Crippen LogP contribution in [0.15, 0.2) is 4.60 Å². The van der Waals surface area contributed by atoms with Crippen molar-refractivity contribution in [1.82, 2.24) is 15.0 Å². The monoisotopic (exact) mass is 247 g/mol. The second kappa shape index (κ2) is 4.48. The third kappa shape index (κ3) is 2.35. The molecular weight excluding hydrogens is 238 g/mol. The van der Waals surface area contributed by atoms with Crippen LogP contribution in [0.2, 0.25) is 0 Å². The van der Waals surface area contributed by atoms with Crippen molar-refractivity contribution in [2.45, 2.75) is 6.92 Å². The minimum atomic E-state index is -0.124. The Hall–Kier alpha value is -0.750. The van der Waals surface area contributed by atoms with Crippen molar-refractivity contribution in [3.63, 3.8) is 0 Å². The molecule has 0 aliphatic heterocycles. The highest BCUT2D eigenvalue weighted by Gasteiger charge is 2.16. The zero-order valence-corrected chi connectivity index (χ0v) is 9.04. The number of rotatable bonds is 4. The molecule has 6 heteroatoms. The molecule has 0 atom stereocenters. The molecule has 0 unspecified atom stereocenters. The summed E-state index contributed by atoms with van der Waals surface area (Å²) in [6.07, 6.45) is 0. The van der Waals surface area contributed by atoms with Crippen molar-refractivity contribution in [2.24, 2.45) is 7.05 Å². The molecule has 0 fully saturated rings. The summed E-state index contributed by atoms with van der Waals surface area (Å²) in [7, 11) is 1.66. The molecule has 0 aliphatic carbocycles. The first kappa shape index (κ1) is 10.3. The lowest BCUT2D eigenvalue weighted by atomic mass is 10.3. The van der Waals surface area contributed by atoms with Gasteiger partial charge in [-0.15, -0.1) is 5.10 Å². The number of ether oxygens (including phenoxy) is 1. The van der Waals surface area contributed by atoms with Gasteiger partial charge < -0.3 is 4.74 Å². The lowest BCUT2D eigenvalue weighted by molar-refractivity contribution is 0.0773. The number of aromatic nitrogens is 3. The number of ketones is 1. The van der Waals surface area contributed by atoms with Crippen LogP contribution in [0.5, 0.6) is 0 Å². The topological polar surface area (TPSA) is 57.0 Å². The smallest absolute Gasteiger partial charge is 0.209 e. The number of nitrogens with zero attached hydrogens (tertiary/aromatic N) is 3. The van der Waals surface area contributed by atoms with Gasteiger partial charge in [-0.3, -0.25) is 4.79 Å². The quantitative estimate of drug-likeness (QED) is 0.739. The summed E-state index contributed by atoms with van der Waals surface area (Å²) in [6.45, 7) is 2.43. The number of Topliss-reactive ketones (excluding diaryl/α,β-unsaturated/α-hetero) is 1. The van der Waals surface area contributed by atoms with Gasteiger partial charge in [0.1, 0.15) is 12.3 Å². The molecule has 0 aliphatic rings. The molecule has 0 amide bonds. The fourth-order valence-corrected chi connectivity index (χ4v) is 1.44. The fourth-order valence-electron chi connectivity index (χ4n) is 0.891. The van der Waals surface area contributed by atoms with Crippen molar-refractivity contribution in [3.8, 4) is 0 Å². The molecule has 0 aromatic carbocycles. The molecule has 5 nitrogen and oxygen atoms in total. The van der Waals surface area contributed by atoms with E-state index in [1.54, 1.807) is 7.05 Å². The van der Waals surface area contributed by atoms with Crippen LogP contribution >= 0.6 is 15.9 Å². The fraction of sp³-hybridized carbons (Fsp3) is 0.571. The van der Waals surface area contributed by atoms with Gasteiger partial charge in [0.15, 0.2) is 4.60 Å². The van der Waals surface area contributed by atoms with E-state index in [0.29, 0.717) is 16.9 Å². The maximum Gasteiger partial charge on any atom is 0.209 e. The normalized spacial score (nSPS) is 10.4. The minimum absolute atomic E-state index is 0.0658. The predicted octanol–water partition coefficient (Wildman–Crippen LogP) is 0.797. The van der Waals surface area contributed by atoms with E-state index in [1.165, 1.54) is 4.68 Å². The Balaban J connectivity index is 2.76. The van der Waals surface area contributed by atoms with Gasteiger partial charge in [-0.1, -0.05) is 5.21 Å². The zero-order chi connectivity index (χ0) is 9.84. The summed E-state index contributed by atoms with van der Waals surface area (Å²) < 4.78 is 6.87. The number of hydrogen-bond acceptors (Lipinski definition) is 4. The average Bonchev–Trinajstić information content (AvgIpc) is 2.42. The number of hydrogen-bond donors (Lipinski definition) is 0. The van der Waals surface area contributed by atoms with Crippen LogP contribution in [-0.4, -0.2) is 34.0 Å². The van der Waals surface area contributed by atoms with Crippen molar-refractivity contribution in [1.29, 1.82) is 0 Å². The standard InChI is InChI=1S/C7H10BrN3O2/c1-3-13-4-5(12)6-7(8)9-10-11(6)2/h3-4H2,1-2H3. The molecule has 0 spiro atoms. The summed E-state index contributed by atoms with van der Waals surface area (Å²) in [4.78, 5) is 11.5. The lowest BCUT2D eigenvalue weighted by Crippen LogP contribution is -2.13. The van der Waals surface area contributed by atoms with E-state index in [0.717, 1.165) is 0 Å². The number of halogens is 1. The van der Waals surface area contributed by atoms with Crippen LogP contribution in [0.25, 0.3) is 0 Å². The molecule has 0 bridgehead atoms. The van der Waals surface area contributed by atoms with Gasteiger partial charge in [-0.25, -0.2) is 4.68 Å². The molecule has 0 saturated carbocycles. The Morgan fingerprint density at radius 1 is 1.69 bits per heavy atom. The zero-order valence-electron chi connectivity index (χ0n) is 7.45. The summed E-state index contributed by atoms with van der Waals surface area (Å²) >= 11 is 3.14. The molecule has 1 aromatic heterocycles. The van der Waals surface area contributed by atoms with Crippen molar-refractivity contribution < 1.29 is 9.53 Å². The van der Waals surface area contributed by atoms with Crippen LogP contribution < -0.4 is 0 Å². The van der Waals surface area contributed by atoms with Crippen molar-refractivity contribution in [2.75, 3.05) is 13.2 Å². The van der Waals surface area contributed by atoms with Gasteiger partial charge in [0.25, 0.3) is 0 Å². The van der Waals surface area contributed by atoms with E-state index in [9.17, 15) is 4.79 Å². The highest BCUT2D eigenvalue weighted by atomic mass is 79.9. The number of carbonyl (C=O) groups excluding carboxylic acids is 1. The maximum atomic E-state index is 11.5. The third-order valence-corrected chi connectivity index (χ3v) is 2.02. The van der Waals surface area contributed by atoms with E-state index in [1.807, 2.05) is 6.92 Å². The summed E-state index contributed by atoms with van der Waals surface area (Å²) in [5, 5.41) is 7.39. The average molecular weight is 248 g/mol. The van der Waals surface area contributed by atoms with Gasteiger partial charge in [0.2, 0.25) is 5.78 Å². The SMILES string of the molecule is CCOCC(=O)c1c(Br)nnn1C. The minimum Gasteiger partial charge on any atom is -0.374 e. The van der Waals surface area contributed by atoms with Gasteiger partial charge in [0, 0.05) is 13.7 Å². The van der Waals surface area contributed by atoms with Crippen LogP contribution in [-0.2, 0) is 11.8 Å². The number of carbonyl (C=O) groups is 1. The van der Waals surface area contributed by atoms with Crippen LogP contribution in [0.3, 0.4) is 0 Å². The van der Waals surface area contributed by atoms with Gasteiger partial charge >= 0.3 is 0 Å². The Labute approximate surface area is 84.2 Å². The highest BCUT2D eigenvalue weighted by Crippen LogP contribution is 2.12. The largest absolute Gasteiger partial charge is 0.374 e. The van der Waals surface area contributed by atoms with Crippen molar-refractivity contribution in [3.05, 3.63) is 10.3 Å². The first-order valence-corrected chi connectivity index (χ1v) is 4.62. The highest BCUT2D eigenvalue weighted by molar-refractivity contribution is 9.10. The second-order valence-electron chi connectivity index (χ2n) is 2.41. The molecule has 13 heavy (non-hydrogen) atoms. The molecule has 1 rings (SSSR count). The van der Waals surface area contributed by atoms with Gasteiger partial charge in [-0.05, 0) is 22.9 Å². The molecule has 0 saturated heterocycles. The predicted molar refractivity (Wildman–Crippen MR) is 49.5 cm³/mol. The first-order chi connectivity index (χ1) is 6.16. The Morgan fingerprint density at radius 2 is 2.38 bits per heavy atom. The molecule has 1 aromatic rings. The maximum absolute atomic E-state index is 11.5. The van der Waals surface area contributed by atoms with Crippen LogP contribution in [0.4, 0.5) is 0 Å². The summed E-state index contributed by atoms with van der Waals surface area (Å²) in [5.74, 6) is -0.124. The van der Waals surface area contributed by atoms with Crippen LogP contribution in [0, 0.1) is 0 Å². The van der Waals surface area contributed by atoms with E-state index < -0.39 is 0 Å². The van der Waals surface area contributed by atoms with E-state index >= 15 is 0 Å². The second-order valence-corrected chi connectivity index (χ2v) is 3.16. The first-order valence-electron chi connectivity index (χ1n) is 3.83. The van der Waals surface area contributed by atoms with Crippen LogP contribution in [0.1, 0.15) is 17.4 Å². The lowest BCUT2D eigenvalue weighted by Gasteiger charge is -2.00. The van der Waals surface area contributed by atoms with E-state index in [2.05, 4.69) is 26.2 Å².